The van der Waals surface area contributed by atoms with E-state index in [1.165, 1.54) is 25.9 Å². The zero-order chi connectivity index (χ0) is 10.8. The Hall–Kier alpha value is -0.0400. The summed E-state index contributed by atoms with van der Waals surface area (Å²) >= 11 is 0. The van der Waals surface area contributed by atoms with Crippen molar-refractivity contribution in [1.29, 1.82) is 0 Å². The van der Waals surface area contributed by atoms with Gasteiger partial charge in [-0.25, -0.2) is 0 Å². The minimum atomic E-state index is 0.525. The molecule has 0 saturated heterocycles. The summed E-state index contributed by atoms with van der Waals surface area (Å²) in [5.41, 5.74) is 0.525. The van der Waals surface area contributed by atoms with E-state index in [-0.39, 0.29) is 0 Å². The van der Waals surface area contributed by atoms with E-state index in [2.05, 4.69) is 39.9 Å². The van der Waals surface area contributed by atoms with Crippen LogP contribution < -0.4 is 5.32 Å². The van der Waals surface area contributed by atoms with Gasteiger partial charge in [-0.15, -0.1) is 0 Å². The summed E-state index contributed by atoms with van der Waals surface area (Å²) in [6, 6.07) is 0. The van der Waals surface area contributed by atoms with Gasteiger partial charge in [0, 0.05) is 0 Å². The fraction of sp³-hybridized carbons (Fsp3) is 1.00. The Morgan fingerprint density at radius 3 is 2.36 bits per heavy atom. The molecule has 0 aromatic heterocycles. The third-order valence-corrected chi connectivity index (χ3v) is 2.90. The molecule has 0 heterocycles. The molecule has 1 rings (SSSR count). The van der Waals surface area contributed by atoms with Crippen molar-refractivity contribution in [2.45, 2.75) is 47.5 Å². The second-order valence-electron chi connectivity index (χ2n) is 6.57. The molecule has 1 aliphatic rings. The van der Waals surface area contributed by atoms with Gasteiger partial charge >= 0.3 is 0 Å². The average Bonchev–Trinajstić information content (AvgIpc) is 2.63. The van der Waals surface area contributed by atoms with E-state index in [4.69, 9.17) is 0 Å². The SMILES string of the molecule is CC(C)CNCC1CC1CC(C)(C)C. The monoisotopic (exact) mass is 197 g/mol. The molecule has 0 aromatic carbocycles. The van der Waals surface area contributed by atoms with Crippen molar-refractivity contribution in [3.05, 3.63) is 0 Å². The van der Waals surface area contributed by atoms with Crippen LogP contribution in [0.4, 0.5) is 0 Å². The highest BCUT2D eigenvalue weighted by molar-refractivity contribution is 4.90. The van der Waals surface area contributed by atoms with Gasteiger partial charge in [0.1, 0.15) is 0 Å². The van der Waals surface area contributed by atoms with Crippen LogP contribution in [0.15, 0.2) is 0 Å². The maximum Gasteiger partial charge on any atom is -0.00176 e. The van der Waals surface area contributed by atoms with Gasteiger partial charge in [-0.1, -0.05) is 34.6 Å². The van der Waals surface area contributed by atoms with Crippen molar-refractivity contribution in [2.75, 3.05) is 13.1 Å². The first-order valence-electron chi connectivity index (χ1n) is 6.09. The first kappa shape index (κ1) is 12.0. The van der Waals surface area contributed by atoms with Crippen LogP contribution in [0, 0.1) is 23.2 Å². The van der Waals surface area contributed by atoms with Crippen molar-refractivity contribution in [1.82, 2.24) is 5.32 Å². The van der Waals surface area contributed by atoms with Crippen molar-refractivity contribution in [3.63, 3.8) is 0 Å². The molecular weight excluding hydrogens is 170 g/mol. The highest BCUT2D eigenvalue weighted by atomic mass is 14.9. The Morgan fingerprint density at radius 2 is 1.86 bits per heavy atom. The molecule has 0 aliphatic heterocycles. The maximum absolute atomic E-state index is 3.56. The molecule has 84 valence electrons. The molecule has 14 heavy (non-hydrogen) atoms. The zero-order valence-electron chi connectivity index (χ0n) is 10.6. The first-order chi connectivity index (χ1) is 6.38. The summed E-state index contributed by atoms with van der Waals surface area (Å²) in [4.78, 5) is 0. The van der Waals surface area contributed by atoms with Crippen LogP contribution >= 0.6 is 0 Å². The minimum absolute atomic E-state index is 0.525. The van der Waals surface area contributed by atoms with Gasteiger partial charge in [-0.3, -0.25) is 0 Å². The predicted octanol–water partition coefficient (Wildman–Crippen LogP) is 3.30. The summed E-state index contributed by atoms with van der Waals surface area (Å²) < 4.78 is 0. The van der Waals surface area contributed by atoms with Gasteiger partial charge in [-0.2, -0.15) is 0 Å². The normalized spacial score (nSPS) is 27.0. The van der Waals surface area contributed by atoms with E-state index < -0.39 is 0 Å². The van der Waals surface area contributed by atoms with Gasteiger partial charge < -0.3 is 5.32 Å². The van der Waals surface area contributed by atoms with Gasteiger partial charge in [-0.05, 0) is 49.1 Å². The Labute approximate surface area is 89.7 Å². The van der Waals surface area contributed by atoms with Crippen LogP contribution in [0.2, 0.25) is 0 Å². The van der Waals surface area contributed by atoms with Gasteiger partial charge in [0.2, 0.25) is 0 Å². The molecule has 1 fully saturated rings. The summed E-state index contributed by atoms with van der Waals surface area (Å²) in [6.45, 7) is 14.0. The summed E-state index contributed by atoms with van der Waals surface area (Å²) in [5.74, 6) is 2.78. The van der Waals surface area contributed by atoms with Crippen LogP contribution in [0.25, 0.3) is 0 Å². The average molecular weight is 197 g/mol. The third-order valence-electron chi connectivity index (χ3n) is 2.90. The molecule has 1 saturated carbocycles. The predicted molar refractivity (Wildman–Crippen MR) is 63.4 cm³/mol. The standard InChI is InChI=1S/C13H27N/c1-10(2)8-14-9-12-6-11(12)7-13(3,4)5/h10-12,14H,6-9H2,1-5H3. The molecule has 1 N–H and O–H groups in total. The molecule has 0 bridgehead atoms. The fourth-order valence-electron chi connectivity index (χ4n) is 2.15. The number of rotatable bonds is 5. The van der Waals surface area contributed by atoms with Crippen LogP contribution in [-0.2, 0) is 0 Å². The molecule has 0 aromatic rings. The number of hydrogen-bond donors (Lipinski definition) is 1. The molecule has 1 nitrogen and oxygen atoms in total. The van der Waals surface area contributed by atoms with Crippen molar-refractivity contribution < 1.29 is 0 Å². The molecule has 1 heteroatoms. The molecule has 2 unspecified atom stereocenters. The van der Waals surface area contributed by atoms with Crippen molar-refractivity contribution in [3.8, 4) is 0 Å². The minimum Gasteiger partial charge on any atom is -0.316 e. The largest absolute Gasteiger partial charge is 0.316 e. The topological polar surface area (TPSA) is 12.0 Å². The van der Waals surface area contributed by atoms with Crippen LogP contribution in [-0.4, -0.2) is 13.1 Å². The Bertz CT molecular complexity index is 167. The number of nitrogens with one attached hydrogen (secondary N) is 1. The quantitative estimate of drug-likeness (QED) is 0.713. The van der Waals surface area contributed by atoms with Gasteiger partial charge in [0.25, 0.3) is 0 Å². The third kappa shape index (κ3) is 4.99. The van der Waals surface area contributed by atoms with Crippen molar-refractivity contribution >= 4 is 0 Å². The molecule has 2 atom stereocenters. The highest BCUT2D eigenvalue weighted by Crippen LogP contribution is 2.45. The van der Waals surface area contributed by atoms with Crippen LogP contribution in [0.3, 0.4) is 0 Å². The Morgan fingerprint density at radius 1 is 1.21 bits per heavy atom. The Kier molecular flexibility index (Phi) is 4.00. The van der Waals surface area contributed by atoms with Crippen LogP contribution in [0.5, 0.6) is 0 Å². The van der Waals surface area contributed by atoms with Crippen LogP contribution in [0.1, 0.15) is 47.5 Å². The lowest BCUT2D eigenvalue weighted by atomic mass is 9.89. The van der Waals surface area contributed by atoms with E-state index in [1.807, 2.05) is 0 Å². The first-order valence-corrected chi connectivity index (χ1v) is 6.09. The van der Waals surface area contributed by atoms with E-state index >= 15 is 0 Å². The molecule has 1 aliphatic carbocycles. The maximum atomic E-state index is 3.56. The molecule has 0 radical (unpaired) electrons. The zero-order valence-corrected chi connectivity index (χ0v) is 10.6. The fourth-order valence-corrected chi connectivity index (χ4v) is 2.15. The molecule has 0 amide bonds. The van der Waals surface area contributed by atoms with E-state index in [1.54, 1.807) is 0 Å². The lowest BCUT2D eigenvalue weighted by Gasteiger charge is -2.17. The van der Waals surface area contributed by atoms with E-state index in [0.29, 0.717) is 5.41 Å². The smallest absolute Gasteiger partial charge is 0.00176 e. The molecular formula is C13H27N. The Balaban J connectivity index is 2.03. The van der Waals surface area contributed by atoms with E-state index in [0.717, 1.165) is 17.8 Å². The lowest BCUT2D eigenvalue weighted by Crippen LogP contribution is -2.22. The highest BCUT2D eigenvalue weighted by Gasteiger charge is 2.38. The number of hydrogen-bond acceptors (Lipinski definition) is 1. The summed E-state index contributed by atoms with van der Waals surface area (Å²) in [5, 5.41) is 3.56. The van der Waals surface area contributed by atoms with E-state index in [9.17, 15) is 0 Å². The second kappa shape index (κ2) is 4.65. The lowest BCUT2D eigenvalue weighted by molar-refractivity contribution is 0.341. The van der Waals surface area contributed by atoms with Gasteiger partial charge in [0.15, 0.2) is 0 Å². The summed E-state index contributed by atoms with van der Waals surface area (Å²) in [6.07, 6.45) is 2.86. The van der Waals surface area contributed by atoms with Gasteiger partial charge in [0.05, 0.1) is 0 Å². The molecule has 0 spiro atoms. The summed E-state index contributed by atoms with van der Waals surface area (Å²) in [7, 11) is 0. The second-order valence-corrected chi connectivity index (χ2v) is 6.57. The van der Waals surface area contributed by atoms with Crippen molar-refractivity contribution in [2.24, 2.45) is 23.2 Å².